The second-order valence-corrected chi connectivity index (χ2v) is 8.80. The van der Waals surface area contributed by atoms with E-state index in [1.807, 2.05) is 0 Å². The molecule has 4 atom stereocenters. The van der Waals surface area contributed by atoms with Gasteiger partial charge in [-0.3, -0.25) is 0 Å². The maximum Gasteiger partial charge on any atom is 0.338 e. The Morgan fingerprint density at radius 1 is 1.22 bits per heavy atom. The molecule has 0 saturated heterocycles. The van der Waals surface area contributed by atoms with E-state index in [1.165, 1.54) is 5.57 Å². The minimum Gasteiger partial charge on any atom is -0.497 e. The van der Waals surface area contributed by atoms with Crippen LogP contribution in [0, 0.1) is 17.3 Å². The summed E-state index contributed by atoms with van der Waals surface area (Å²) in [5.41, 5.74) is 0.382. The predicted molar refractivity (Wildman–Crippen MR) is 106 cm³/mol. The molecule has 0 aromatic heterocycles. The lowest BCUT2D eigenvalue weighted by Crippen LogP contribution is -2.53. The Labute approximate surface area is 162 Å². The number of esters is 1. The van der Waals surface area contributed by atoms with Crippen molar-refractivity contribution in [2.45, 2.75) is 65.1 Å². The number of methoxy groups -OCH3 is 1. The Kier molecular flexibility index (Phi) is 5.40. The number of carbonyl (C=O) groups excluding carboxylic acids is 1. The van der Waals surface area contributed by atoms with Gasteiger partial charge in [0, 0.05) is 5.41 Å². The fraction of sp³-hybridized carbons (Fsp3) is 0.609. The van der Waals surface area contributed by atoms with Crippen molar-refractivity contribution >= 4 is 5.97 Å². The average Bonchev–Trinajstić information content (AvgIpc) is 2.87. The smallest absolute Gasteiger partial charge is 0.338 e. The standard InChI is InChI=1S/C23H32O4/c1-15(2)19-11-12-22(4)20(14-16(3)10-13-23(19,22)25)27-21(24)17-6-8-18(26-5)9-7-17/h6-9,14-15,19-20,25H,10-13H2,1-5H3/t19-,20+,22-,23+/m1/s1. The van der Waals surface area contributed by atoms with Crippen LogP contribution >= 0.6 is 0 Å². The second kappa shape index (κ2) is 7.31. The van der Waals surface area contributed by atoms with E-state index in [2.05, 4.69) is 33.8 Å². The van der Waals surface area contributed by atoms with Gasteiger partial charge in [0.15, 0.2) is 0 Å². The molecule has 0 unspecified atom stereocenters. The molecule has 0 heterocycles. The first-order chi connectivity index (χ1) is 12.7. The zero-order valence-corrected chi connectivity index (χ0v) is 17.1. The molecule has 27 heavy (non-hydrogen) atoms. The molecule has 0 spiro atoms. The summed E-state index contributed by atoms with van der Waals surface area (Å²) in [5, 5.41) is 11.8. The van der Waals surface area contributed by atoms with Crippen molar-refractivity contribution < 1.29 is 19.4 Å². The fourth-order valence-electron chi connectivity index (χ4n) is 5.07. The van der Waals surface area contributed by atoms with Crippen LogP contribution in [0.15, 0.2) is 35.9 Å². The number of benzene rings is 1. The quantitative estimate of drug-likeness (QED) is 0.611. The summed E-state index contributed by atoms with van der Waals surface area (Å²) in [5.74, 6) is 0.969. The summed E-state index contributed by atoms with van der Waals surface area (Å²) in [7, 11) is 1.60. The number of rotatable bonds is 4. The van der Waals surface area contributed by atoms with Gasteiger partial charge in [-0.15, -0.1) is 0 Å². The van der Waals surface area contributed by atoms with Crippen LogP contribution in [-0.4, -0.2) is 29.9 Å². The summed E-state index contributed by atoms with van der Waals surface area (Å²) < 4.78 is 11.2. The summed E-state index contributed by atoms with van der Waals surface area (Å²) in [6.45, 7) is 8.51. The molecular weight excluding hydrogens is 340 g/mol. The van der Waals surface area contributed by atoms with Crippen molar-refractivity contribution in [1.29, 1.82) is 0 Å². The average molecular weight is 373 g/mol. The lowest BCUT2D eigenvalue weighted by molar-refractivity contribution is -0.134. The third kappa shape index (κ3) is 3.40. The molecule has 2 aliphatic carbocycles. The van der Waals surface area contributed by atoms with Gasteiger partial charge >= 0.3 is 5.97 Å². The van der Waals surface area contributed by atoms with Crippen LogP contribution < -0.4 is 4.74 Å². The number of ether oxygens (including phenoxy) is 2. The van der Waals surface area contributed by atoms with E-state index in [4.69, 9.17) is 9.47 Å². The van der Waals surface area contributed by atoms with Crippen molar-refractivity contribution in [3.8, 4) is 5.75 Å². The lowest BCUT2D eigenvalue weighted by atomic mass is 9.66. The second-order valence-electron chi connectivity index (χ2n) is 8.80. The van der Waals surface area contributed by atoms with E-state index in [0.29, 0.717) is 17.2 Å². The van der Waals surface area contributed by atoms with Gasteiger partial charge in [0.25, 0.3) is 0 Å². The van der Waals surface area contributed by atoms with Gasteiger partial charge in [0.05, 0.1) is 18.3 Å². The van der Waals surface area contributed by atoms with Crippen LogP contribution in [0.2, 0.25) is 0 Å². The summed E-state index contributed by atoms with van der Waals surface area (Å²) >= 11 is 0. The van der Waals surface area contributed by atoms with Crippen LogP contribution in [0.1, 0.15) is 63.7 Å². The summed E-state index contributed by atoms with van der Waals surface area (Å²) in [6.07, 6.45) is 5.02. The lowest BCUT2D eigenvalue weighted by Gasteiger charge is -2.46. The zero-order chi connectivity index (χ0) is 19.8. The van der Waals surface area contributed by atoms with Gasteiger partial charge in [-0.1, -0.05) is 26.3 Å². The summed E-state index contributed by atoms with van der Waals surface area (Å²) in [6, 6.07) is 6.95. The maximum absolute atomic E-state index is 12.8. The van der Waals surface area contributed by atoms with Gasteiger partial charge in [-0.2, -0.15) is 0 Å². The van der Waals surface area contributed by atoms with Gasteiger partial charge in [0.1, 0.15) is 11.9 Å². The van der Waals surface area contributed by atoms with E-state index in [0.717, 1.165) is 25.7 Å². The van der Waals surface area contributed by atoms with Crippen molar-refractivity contribution in [2.24, 2.45) is 17.3 Å². The van der Waals surface area contributed by atoms with Gasteiger partial charge < -0.3 is 14.6 Å². The molecule has 1 aromatic rings. The largest absolute Gasteiger partial charge is 0.497 e. The predicted octanol–water partition coefficient (Wildman–Crippen LogP) is 4.76. The molecule has 0 bridgehead atoms. The van der Waals surface area contributed by atoms with Crippen molar-refractivity contribution in [2.75, 3.05) is 7.11 Å². The Morgan fingerprint density at radius 2 is 1.89 bits per heavy atom. The monoisotopic (exact) mass is 372 g/mol. The molecule has 4 nitrogen and oxygen atoms in total. The number of fused-ring (bicyclic) bond motifs is 1. The summed E-state index contributed by atoms with van der Waals surface area (Å²) in [4.78, 5) is 12.8. The number of allylic oxidation sites excluding steroid dienone is 1. The highest BCUT2D eigenvalue weighted by Crippen LogP contribution is 2.58. The van der Waals surface area contributed by atoms with Crippen LogP contribution in [0.4, 0.5) is 0 Å². The molecule has 148 valence electrons. The highest BCUT2D eigenvalue weighted by molar-refractivity contribution is 5.89. The fourth-order valence-corrected chi connectivity index (χ4v) is 5.07. The first-order valence-electron chi connectivity index (χ1n) is 9.96. The van der Waals surface area contributed by atoms with Gasteiger partial charge in [-0.05, 0) is 74.8 Å². The molecule has 0 amide bonds. The molecular formula is C23H32O4. The van der Waals surface area contributed by atoms with Crippen molar-refractivity contribution in [3.05, 3.63) is 41.5 Å². The molecule has 1 fully saturated rings. The maximum atomic E-state index is 12.8. The van der Waals surface area contributed by atoms with Crippen LogP contribution in [0.5, 0.6) is 5.75 Å². The van der Waals surface area contributed by atoms with Crippen molar-refractivity contribution in [1.82, 2.24) is 0 Å². The van der Waals surface area contributed by atoms with Crippen LogP contribution in [-0.2, 0) is 4.74 Å². The molecule has 3 rings (SSSR count). The third-order valence-corrected chi connectivity index (χ3v) is 6.91. The Bertz CT molecular complexity index is 720. The van der Waals surface area contributed by atoms with Crippen LogP contribution in [0.3, 0.4) is 0 Å². The first-order valence-corrected chi connectivity index (χ1v) is 9.96. The molecule has 0 aliphatic heterocycles. The molecule has 4 heteroatoms. The Morgan fingerprint density at radius 3 is 2.48 bits per heavy atom. The minimum absolute atomic E-state index is 0.226. The third-order valence-electron chi connectivity index (χ3n) is 6.91. The first kappa shape index (κ1) is 19.9. The molecule has 1 aromatic carbocycles. The topological polar surface area (TPSA) is 55.8 Å². The highest BCUT2D eigenvalue weighted by atomic mass is 16.5. The molecule has 2 aliphatic rings. The molecule has 1 N–H and O–H groups in total. The van der Waals surface area contributed by atoms with E-state index < -0.39 is 17.1 Å². The zero-order valence-electron chi connectivity index (χ0n) is 17.1. The highest BCUT2D eigenvalue weighted by Gasteiger charge is 2.61. The number of aliphatic hydroxyl groups is 1. The van der Waals surface area contributed by atoms with Crippen molar-refractivity contribution in [3.63, 3.8) is 0 Å². The SMILES string of the molecule is COc1ccc(C(=O)O[C@H]2C=C(C)CC[C@]3(O)[C@@H](C(C)C)CC[C@]23C)cc1. The molecule has 1 saturated carbocycles. The van der Waals surface area contributed by atoms with Gasteiger partial charge in [-0.25, -0.2) is 4.79 Å². The van der Waals surface area contributed by atoms with E-state index >= 15 is 0 Å². The van der Waals surface area contributed by atoms with E-state index in [1.54, 1.807) is 31.4 Å². The van der Waals surface area contributed by atoms with Gasteiger partial charge in [0.2, 0.25) is 0 Å². The van der Waals surface area contributed by atoms with E-state index in [-0.39, 0.29) is 11.9 Å². The van der Waals surface area contributed by atoms with Crippen LogP contribution in [0.25, 0.3) is 0 Å². The minimum atomic E-state index is -0.819. The Hall–Kier alpha value is -1.81. The molecule has 0 radical (unpaired) electrons. The normalized spacial score (nSPS) is 33.2. The number of hydrogen-bond donors (Lipinski definition) is 1. The van der Waals surface area contributed by atoms with E-state index in [9.17, 15) is 9.90 Å². The number of carbonyl (C=O) groups is 1. The Balaban J connectivity index is 1.90. The number of hydrogen-bond acceptors (Lipinski definition) is 4.